The van der Waals surface area contributed by atoms with Crippen molar-refractivity contribution in [1.29, 1.82) is 0 Å². The van der Waals surface area contributed by atoms with Gasteiger partial charge in [0.15, 0.2) is 11.5 Å². The van der Waals surface area contributed by atoms with Crippen molar-refractivity contribution in [2.24, 2.45) is 0 Å². The minimum atomic E-state index is -0.959. The molecule has 196 valence electrons. The molecule has 0 radical (unpaired) electrons. The molecule has 1 aliphatic rings. The summed E-state index contributed by atoms with van der Waals surface area (Å²) in [5.41, 5.74) is 3.44. The number of ketones is 1. The molecule has 0 spiro atoms. The first-order chi connectivity index (χ1) is 18.7. The Hall–Kier alpha value is -4.37. The summed E-state index contributed by atoms with van der Waals surface area (Å²) in [6, 6.07) is 18.8. The van der Waals surface area contributed by atoms with Crippen molar-refractivity contribution in [3.05, 3.63) is 99.4 Å². The van der Waals surface area contributed by atoms with E-state index in [1.807, 2.05) is 51.1 Å². The minimum Gasteiger partial charge on any atom is -0.503 e. The number of rotatable bonds is 6. The van der Waals surface area contributed by atoms with Gasteiger partial charge in [-0.1, -0.05) is 34.1 Å². The van der Waals surface area contributed by atoms with Crippen molar-refractivity contribution in [1.82, 2.24) is 9.97 Å². The van der Waals surface area contributed by atoms with Gasteiger partial charge in [-0.2, -0.15) is 0 Å². The summed E-state index contributed by atoms with van der Waals surface area (Å²) in [5.74, 6) is -1.09. The van der Waals surface area contributed by atoms with Crippen LogP contribution in [0.1, 0.15) is 41.6 Å². The Morgan fingerprint density at radius 2 is 1.87 bits per heavy atom. The van der Waals surface area contributed by atoms with Crippen LogP contribution in [0, 0.1) is 6.92 Å². The van der Waals surface area contributed by atoms with Gasteiger partial charge in [0.25, 0.3) is 5.91 Å². The summed E-state index contributed by atoms with van der Waals surface area (Å²) in [7, 11) is 0. The highest BCUT2D eigenvalue weighted by Crippen LogP contribution is 2.42. The highest BCUT2D eigenvalue weighted by atomic mass is 79.9. The van der Waals surface area contributed by atoms with Crippen LogP contribution in [-0.2, 0) is 4.79 Å². The van der Waals surface area contributed by atoms with Crippen molar-refractivity contribution < 1.29 is 23.8 Å². The molecular formula is C30H24BrN3O5. The zero-order valence-corrected chi connectivity index (χ0v) is 22.9. The lowest BCUT2D eigenvalue weighted by atomic mass is 9.95. The second kappa shape index (κ2) is 9.43. The van der Waals surface area contributed by atoms with Crippen LogP contribution in [-0.4, -0.2) is 32.9 Å². The number of Topliss-reactive ketones (excluding diaryl/α,β-unsaturated/α-hetero) is 1. The second-order valence-electron chi connectivity index (χ2n) is 9.78. The van der Waals surface area contributed by atoms with Crippen LogP contribution in [0.15, 0.2) is 87.0 Å². The molecule has 3 heterocycles. The monoisotopic (exact) mass is 585 g/mol. The minimum absolute atomic E-state index is 0.0179. The van der Waals surface area contributed by atoms with Crippen molar-refractivity contribution >= 4 is 55.6 Å². The zero-order valence-electron chi connectivity index (χ0n) is 21.4. The third-order valence-electron chi connectivity index (χ3n) is 6.58. The second-order valence-corrected chi connectivity index (χ2v) is 10.7. The average molecular weight is 586 g/mol. The number of aliphatic hydroxyl groups excluding tert-OH is 1. The molecule has 1 amide bonds. The number of furan rings is 1. The van der Waals surface area contributed by atoms with Gasteiger partial charge in [-0.15, -0.1) is 0 Å². The maximum absolute atomic E-state index is 13.9. The Morgan fingerprint density at radius 1 is 1.10 bits per heavy atom. The number of aryl methyl sites for hydroxylation is 1. The number of halogens is 1. The van der Waals surface area contributed by atoms with E-state index in [4.69, 9.17) is 9.15 Å². The van der Waals surface area contributed by atoms with E-state index in [2.05, 4.69) is 25.9 Å². The van der Waals surface area contributed by atoms with Gasteiger partial charge in [-0.3, -0.25) is 14.5 Å². The number of H-pyrrole nitrogens is 1. The van der Waals surface area contributed by atoms with E-state index in [1.54, 1.807) is 36.4 Å². The third kappa shape index (κ3) is 4.38. The number of hydrogen-bond acceptors (Lipinski definition) is 6. The Balaban J connectivity index is 1.48. The van der Waals surface area contributed by atoms with E-state index in [0.29, 0.717) is 27.8 Å². The van der Waals surface area contributed by atoms with E-state index in [9.17, 15) is 14.7 Å². The molecule has 8 nitrogen and oxygen atoms in total. The Morgan fingerprint density at radius 3 is 2.62 bits per heavy atom. The van der Waals surface area contributed by atoms with Gasteiger partial charge in [0.2, 0.25) is 11.7 Å². The highest BCUT2D eigenvalue weighted by molar-refractivity contribution is 9.10. The van der Waals surface area contributed by atoms with Gasteiger partial charge in [0.05, 0.1) is 28.8 Å². The fourth-order valence-corrected chi connectivity index (χ4v) is 5.23. The number of aliphatic hydroxyl groups is 1. The number of anilines is 1. The fraction of sp³-hybridized carbons (Fsp3) is 0.167. The molecule has 9 heteroatoms. The van der Waals surface area contributed by atoms with Crippen LogP contribution >= 0.6 is 15.9 Å². The van der Waals surface area contributed by atoms with E-state index < -0.39 is 23.5 Å². The zero-order chi connectivity index (χ0) is 27.4. The van der Waals surface area contributed by atoms with Crippen LogP contribution in [0.4, 0.5) is 5.95 Å². The number of aromatic nitrogens is 2. The van der Waals surface area contributed by atoms with Gasteiger partial charge in [0, 0.05) is 9.86 Å². The summed E-state index contributed by atoms with van der Waals surface area (Å²) >= 11 is 3.43. The molecule has 0 fully saturated rings. The molecule has 6 rings (SSSR count). The molecule has 2 N–H and O–H groups in total. The Bertz CT molecular complexity index is 1800. The molecule has 39 heavy (non-hydrogen) atoms. The van der Waals surface area contributed by atoms with Crippen molar-refractivity contribution in [3.63, 3.8) is 0 Å². The van der Waals surface area contributed by atoms with E-state index in [1.165, 1.54) is 4.90 Å². The third-order valence-corrected chi connectivity index (χ3v) is 7.07. The van der Waals surface area contributed by atoms with E-state index >= 15 is 0 Å². The smallest absolute Gasteiger partial charge is 0.296 e. The first kappa shape index (κ1) is 24.9. The summed E-state index contributed by atoms with van der Waals surface area (Å²) in [4.78, 5) is 36.6. The first-order valence-electron chi connectivity index (χ1n) is 12.4. The average Bonchev–Trinajstić information content (AvgIpc) is 3.57. The highest BCUT2D eigenvalue weighted by Gasteiger charge is 2.46. The number of nitrogens with zero attached hydrogens (tertiary/aromatic N) is 2. The number of fused-ring (bicyclic) bond motifs is 2. The van der Waals surface area contributed by atoms with Crippen molar-refractivity contribution in [2.75, 3.05) is 4.90 Å². The molecule has 0 saturated heterocycles. The number of carbonyl (C=O) groups is 2. The predicted molar refractivity (Wildman–Crippen MR) is 151 cm³/mol. The van der Waals surface area contributed by atoms with Crippen LogP contribution in [0.25, 0.3) is 22.0 Å². The number of ether oxygens (including phenoxy) is 1. The maximum Gasteiger partial charge on any atom is 0.296 e. The molecule has 1 unspecified atom stereocenters. The number of amides is 1. The largest absolute Gasteiger partial charge is 0.503 e. The topological polar surface area (TPSA) is 109 Å². The standard InChI is InChI=1S/C30H24BrN3O5/c1-15(2)38-20-8-5-17(6-9-20)26-25(27(35)24-14-18-13-19(31)7-11-23(18)39-24)28(36)29(37)34(26)30-32-21-10-4-16(3)12-22(21)33-30/h4-15,26,36H,1-3H3,(H,32,33). The van der Waals surface area contributed by atoms with Crippen LogP contribution < -0.4 is 9.64 Å². The lowest BCUT2D eigenvalue weighted by Crippen LogP contribution is -2.32. The number of benzene rings is 3. The first-order valence-corrected chi connectivity index (χ1v) is 13.2. The number of imidazole rings is 1. The van der Waals surface area contributed by atoms with Gasteiger partial charge >= 0.3 is 0 Å². The Kier molecular flexibility index (Phi) is 6.03. The number of nitrogens with one attached hydrogen (secondary N) is 1. The van der Waals surface area contributed by atoms with Gasteiger partial charge in [-0.05, 0) is 80.4 Å². The van der Waals surface area contributed by atoms with Gasteiger partial charge in [0.1, 0.15) is 11.3 Å². The molecular weight excluding hydrogens is 562 g/mol. The molecule has 0 aliphatic carbocycles. The van der Waals surface area contributed by atoms with Crippen LogP contribution in [0.3, 0.4) is 0 Å². The molecule has 0 saturated carbocycles. The van der Waals surface area contributed by atoms with E-state index in [0.717, 1.165) is 15.6 Å². The summed E-state index contributed by atoms with van der Waals surface area (Å²) < 4.78 is 12.5. The van der Waals surface area contributed by atoms with Crippen LogP contribution in [0.5, 0.6) is 5.75 Å². The maximum atomic E-state index is 13.9. The predicted octanol–water partition coefficient (Wildman–Crippen LogP) is 6.95. The number of hydrogen-bond donors (Lipinski definition) is 2. The quantitative estimate of drug-likeness (QED) is 0.209. The normalized spacial score (nSPS) is 15.8. The lowest BCUT2D eigenvalue weighted by molar-refractivity contribution is -0.117. The van der Waals surface area contributed by atoms with Crippen molar-refractivity contribution in [3.8, 4) is 5.75 Å². The molecule has 3 aromatic carbocycles. The summed E-state index contributed by atoms with van der Waals surface area (Å²) in [5, 5.41) is 11.8. The van der Waals surface area contributed by atoms with Crippen LogP contribution in [0.2, 0.25) is 0 Å². The van der Waals surface area contributed by atoms with Crippen molar-refractivity contribution in [2.45, 2.75) is 32.9 Å². The Labute approximate surface area is 232 Å². The van der Waals surface area contributed by atoms with Gasteiger partial charge < -0.3 is 19.2 Å². The molecule has 1 aliphatic heterocycles. The molecule has 1 atom stereocenters. The number of carbonyl (C=O) groups excluding carboxylic acids is 2. The van der Waals surface area contributed by atoms with Gasteiger partial charge in [-0.25, -0.2) is 4.98 Å². The summed E-state index contributed by atoms with van der Waals surface area (Å²) in [6.07, 6.45) is -0.0198. The molecule has 0 bridgehead atoms. The SMILES string of the molecule is Cc1ccc2nc(N3C(=O)C(O)=C(C(=O)c4cc5cc(Br)ccc5o4)C3c3ccc(OC(C)C)cc3)[nH]c2c1. The molecule has 5 aromatic rings. The summed E-state index contributed by atoms with van der Waals surface area (Å²) in [6.45, 7) is 5.82. The number of aromatic amines is 1. The molecule has 2 aromatic heterocycles. The fourth-order valence-electron chi connectivity index (χ4n) is 4.85. The lowest BCUT2D eigenvalue weighted by Gasteiger charge is -2.24. The van der Waals surface area contributed by atoms with E-state index in [-0.39, 0.29) is 23.4 Å².